The molecule has 0 amide bonds. The minimum atomic E-state index is 0.343. The molecule has 2 heterocycles. The third-order valence-electron chi connectivity index (χ3n) is 2.92. The number of rotatable bonds is 4. The first-order chi connectivity index (χ1) is 8.29. The monoisotopic (exact) mass is 255 g/mol. The Morgan fingerprint density at radius 3 is 2.59 bits per heavy atom. The van der Waals surface area contributed by atoms with E-state index in [1.165, 1.54) is 0 Å². The van der Waals surface area contributed by atoms with Gasteiger partial charge in [0.15, 0.2) is 0 Å². The number of piperidine rings is 1. The maximum Gasteiger partial charge on any atom is 0.225 e. The first-order valence-corrected chi connectivity index (χ1v) is 6.54. The van der Waals surface area contributed by atoms with Gasteiger partial charge in [-0.2, -0.15) is 0 Å². The Bertz CT molecular complexity index is 336. The molecule has 5 heteroatoms. The molecular weight excluding hydrogens is 238 g/mol. The highest BCUT2D eigenvalue weighted by Gasteiger charge is 2.20. The van der Waals surface area contributed by atoms with Crippen molar-refractivity contribution in [3.05, 3.63) is 18.0 Å². The number of hydrogen-bond donors (Lipinski definition) is 0. The fourth-order valence-electron chi connectivity index (χ4n) is 1.98. The van der Waals surface area contributed by atoms with Crippen molar-refractivity contribution in [2.45, 2.75) is 25.9 Å². The second kappa shape index (κ2) is 6.17. The lowest BCUT2D eigenvalue weighted by molar-refractivity contribution is 0.0470. The van der Waals surface area contributed by atoms with E-state index in [1.54, 1.807) is 0 Å². The number of alkyl halides is 1. The third kappa shape index (κ3) is 3.54. The lowest BCUT2D eigenvalue weighted by Crippen LogP contribution is -2.38. The van der Waals surface area contributed by atoms with Crippen molar-refractivity contribution in [1.82, 2.24) is 9.97 Å². The van der Waals surface area contributed by atoms with Crippen LogP contribution in [0.4, 0.5) is 5.95 Å². The highest BCUT2D eigenvalue weighted by Crippen LogP contribution is 2.17. The quantitative estimate of drug-likeness (QED) is 0.772. The number of nitrogens with zero attached hydrogens (tertiary/aromatic N) is 3. The number of anilines is 1. The maximum absolute atomic E-state index is 5.64. The van der Waals surface area contributed by atoms with Crippen LogP contribution in [-0.2, 0) is 4.74 Å². The van der Waals surface area contributed by atoms with Gasteiger partial charge in [-0.05, 0) is 25.3 Å². The van der Waals surface area contributed by atoms with Gasteiger partial charge in [0.2, 0.25) is 5.95 Å². The van der Waals surface area contributed by atoms with Gasteiger partial charge in [-0.15, -0.1) is 11.6 Å². The van der Waals surface area contributed by atoms with Gasteiger partial charge in [0, 0.05) is 31.4 Å². The van der Waals surface area contributed by atoms with E-state index in [0.717, 1.165) is 37.4 Å². The SMILES string of the molecule is Cc1cnc(N2CCC(OCCCl)CC2)nc1. The predicted octanol–water partition coefficient (Wildman–Crippen LogP) is 2.01. The average Bonchev–Trinajstić information content (AvgIpc) is 2.38. The first kappa shape index (κ1) is 12.6. The molecule has 1 fully saturated rings. The molecular formula is C12H18ClN3O. The summed E-state index contributed by atoms with van der Waals surface area (Å²) in [6.45, 7) is 4.55. The molecule has 0 radical (unpaired) electrons. The van der Waals surface area contributed by atoms with E-state index in [-0.39, 0.29) is 0 Å². The first-order valence-electron chi connectivity index (χ1n) is 6.01. The number of halogens is 1. The van der Waals surface area contributed by atoms with Gasteiger partial charge in [-0.3, -0.25) is 0 Å². The number of ether oxygens (including phenoxy) is 1. The smallest absolute Gasteiger partial charge is 0.225 e. The van der Waals surface area contributed by atoms with Crippen molar-refractivity contribution in [1.29, 1.82) is 0 Å². The van der Waals surface area contributed by atoms with Crippen molar-refractivity contribution in [3.63, 3.8) is 0 Å². The van der Waals surface area contributed by atoms with E-state index in [1.807, 2.05) is 19.3 Å². The largest absolute Gasteiger partial charge is 0.377 e. The lowest BCUT2D eigenvalue weighted by Gasteiger charge is -2.31. The van der Waals surface area contributed by atoms with Crippen molar-refractivity contribution >= 4 is 17.5 Å². The molecule has 1 aromatic heterocycles. The molecule has 1 aliphatic rings. The van der Waals surface area contributed by atoms with Crippen LogP contribution in [-0.4, -0.2) is 41.6 Å². The van der Waals surface area contributed by atoms with Crippen LogP contribution in [0, 0.1) is 6.92 Å². The molecule has 1 aromatic rings. The highest BCUT2D eigenvalue weighted by atomic mass is 35.5. The molecule has 0 atom stereocenters. The van der Waals surface area contributed by atoms with Crippen molar-refractivity contribution in [3.8, 4) is 0 Å². The zero-order valence-electron chi connectivity index (χ0n) is 10.1. The zero-order valence-corrected chi connectivity index (χ0v) is 10.9. The molecule has 94 valence electrons. The van der Waals surface area contributed by atoms with Crippen LogP contribution in [0.5, 0.6) is 0 Å². The van der Waals surface area contributed by atoms with Gasteiger partial charge in [0.05, 0.1) is 12.7 Å². The Labute approximate surface area is 107 Å². The molecule has 1 saturated heterocycles. The summed E-state index contributed by atoms with van der Waals surface area (Å²) in [5.41, 5.74) is 1.09. The highest BCUT2D eigenvalue weighted by molar-refractivity contribution is 6.17. The van der Waals surface area contributed by atoms with Crippen LogP contribution in [0.3, 0.4) is 0 Å². The number of aryl methyl sites for hydroxylation is 1. The molecule has 1 aliphatic heterocycles. The van der Waals surface area contributed by atoms with Gasteiger partial charge in [0.1, 0.15) is 0 Å². The molecule has 0 aromatic carbocycles. The van der Waals surface area contributed by atoms with Gasteiger partial charge in [0.25, 0.3) is 0 Å². The summed E-state index contributed by atoms with van der Waals surface area (Å²) in [4.78, 5) is 10.9. The molecule has 0 saturated carbocycles. The van der Waals surface area contributed by atoms with E-state index in [0.29, 0.717) is 18.6 Å². The Kier molecular flexibility index (Phi) is 4.57. The predicted molar refractivity (Wildman–Crippen MR) is 68.7 cm³/mol. The van der Waals surface area contributed by atoms with E-state index in [9.17, 15) is 0 Å². The van der Waals surface area contributed by atoms with E-state index >= 15 is 0 Å². The summed E-state index contributed by atoms with van der Waals surface area (Å²) >= 11 is 5.60. The van der Waals surface area contributed by atoms with Crippen LogP contribution in [0.2, 0.25) is 0 Å². The van der Waals surface area contributed by atoms with Crippen LogP contribution in [0.1, 0.15) is 18.4 Å². The van der Waals surface area contributed by atoms with Crippen molar-refractivity contribution in [2.75, 3.05) is 30.5 Å². The molecule has 0 spiro atoms. The summed E-state index contributed by atoms with van der Waals surface area (Å²) < 4.78 is 5.64. The van der Waals surface area contributed by atoms with Gasteiger partial charge >= 0.3 is 0 Å². The molecule has 0 unspecified atom stereocenters. The maximum atomic E-state index is 5.64. The zero-order chi connectivity index (χ0) is 12.1. The van der Waals surface area contributed by atoms with Gasteiger partial charge in [-0.1, -0.05) is 0 Å². The van der Waals surface area contributed by atoms with Crippen LogP contribution in [0.25, 0.3) is 0 Å². The lowest BCUT2D eigenvalue weighted by atomic mass is 10.1. The minimum Gasteiger partial charge on any atom is -0.377 e. The van der Waals surface area contributed by atoms with E-state index in [2.05, 4.69) is 14.9 Å². The molecule has 0 N–H and O–H groups in total. The van der Waals surface area contributed by atoms with Crippen LogP contribution in [0.15, 0.2) is 12.4 Å². The minimum absolute atomic E-state index is 0.343. The Morgan fingerprint density at radius 1 is 1.35 bits per heavy atom. The Hall–Kier alpha value is -0.870. The second-order valence-electron chi connectivity index (χ2n) is 4.31. The van der Waals surface area contributed by atoms with Crippen molar-refractivity contribution in [2.24, 2.45) is 0 Å². The Morgan fingerprint density at radius 2 is 2.00 bits per heavy atom. The average molecular weight is 256 g/mol. The second-order valence-corrected chi connectivity index (χ2v) is 4.68. The van der Waals surface area contributed by atoms with Gasteiger partial charge in [-0.25, -0.2) is 9.97 Å². The number of aromatic nitrogens is 2. The van der Waals surface area contributed by atoms with E-state index < -0.39 is 0 Å². The summed E-state index contributed by atoms with van der Waals surface area (Å²) in [5, 5.41) is 0. The summed E-state index contributed by atoms with van der Waals surface area (Å²) in [6.07, 6.45) is 6.11. The van der Waals surface area contributed by atoms with Crippen LogP contribution < -0.4 is 4.90 Å². The summed E-state index contributed by atoms with van der Waals surface area (Å²) in [7, 11) is 0. The summed E-state index contributed by atoms with van der Waals surface area (Å²) in [5.74, 6) is 1.40. The molecule has 2 rings (SSSR count). The molecule has 0 aliphatic carbocycles. The molecule has 4 nitrogen and oxygen atoms in total. The fraction of sp³-hybridized carbons (Fsp3) is 0.667. The van der Waals surface area contributed by atoms with Crippen molar-refractivity contribution < 1.29 is 4.74 Å². The van der Waals surface area contributed by atoms with Crippen LogP contribution >= 0.6 is 11.6 Å². The fourth-order valence-corrected chi connectivity index (χ4v) is 2.07. The van der Waals surface area contributed by atoms with Gasteiger partial charge < -0.3 is 9.64 Å². The number of hydrogen-bond acceptors (Lipinski definition) is 4. The normalized spacial score (nSPS) is 17.4. The molecule has 0 bridgehead atoms. The standard InChI is InChI=1S/C12H18ClN3O/c1-10-8-14-12(15-9-10)16-5-2-11(3-6-16)17-7-4-13/h8-9,11H,2-7H2,1H3. The topological polar surface area (TPSA) is 38.2 Å². The molecule has 17 heavy (non-hydrogen) atoms. The third-order valence-corrected chi connectivity index (χ3v) is 3.08. The summed E-state index contributed by atoms with van der Waals surface area (Å²) in [6, 6.07) is 0. The van der Waals surface area contributed by atoms with E-state index in [4.69, 9.17) is 16.3 Å². The Balaban J connectivity index is 1.84.